The van der Waals surface area contributed by atoms with Gasteiger partial charge >= 0.3 is 0 Å². The number of ether oxygens (including phenoxy) is 1. The summed E-state index contributed by atoms with van der Waals surface area (Å²) in [5.74, 6) is 1.92. The molecule has 0 radical (unpaired) electrons. The van der Waals surface area contributed by atoms with Crippen molar-refractivity contribution in [2.45, 2.75) is 58.4 Å². The van der Waals surface area contributed by atoms with E-state index in [4.69, 9.17) is 4.74 Å². The number of rotatable bonds is 5. The van der Waals surface area contributed by atoms with Crippen LogP contribution in [0.25, 0.3) is 0 Å². The van der Waals surface area contributed by atoms with Crippen molar-refractivity contribution in [1.29, 1.82) is 0 Å². The van der Waals surface area contributed by atoms with Gasteiger partial charge in [0.1, 0.15) is 5.75 Å². The normalized spacial score (nSPS) is 36.5. The number of benzene rings is 1. The molecule has 0 spiro atoms. The summed E-state index contributed by atoms with van der Waals surface area (Å²) in [6, 6.07) is 14.3. The second-order valence-corrected chi connectivity index (χ2v) is 10.7. The van der Waals surface area contributed by atoms with E-state index in [2.05, 4.69) is 36.3 Å². The van der Waals surface area contributed by atoms with Crippen molar-refractivity contribution in [2.24, 2.45) is 22.2 Å². The third-order valence-electron chi connectivity index (χ3n) is 8.00. The molecule has 1 aromatic heterocycles. The smallest absolute Gasteiger partial charge is 0.227 e. The van der Waals surface area contributed by atoms with Crippen LogP contribution in [0.5, 0.6) is 5.75 Å². The molecule has 6 rings (SSSR count). The summed E-state index contributed by atoms with van der Waals surface area (Å²) < 4.78 is 5.38. The summed E-state index contributed by atoms with van der Waals surface area (Å²) in [6.45, 7) is 5.33. The minimum atomic E-state index is -0.341. The van der Waals surface area contributed by atoms with Gasteiger partial charge in [-0.05, 0) is 78.7 Å². The first-order valence-electron chi connectivity index (χ1n) is 11.2. The largest absolute Gasteiger partial charge is 0.497 e. The van der Waals surface area contributed by atoms with Crippen molar-refractivity contribution in [3.63, 3.8) is 0 Å². The number of nitrogens with zero attached hydrogens (tertiary/aromatic N) is 1. The van der Waals surface area contributed by atoms with E-state index in [0.717, 1.165) is 24.3 Å². The van der Waals surface area contributed by atoms with Crippen molar-refractivity contribution >= 4 is 5.91 Å². The van der Waals surface area contributed by atoms with Gasteiger partial charge in [-0.2, -0.15) is 0 Å². The van der Waals surface area contributed by atoms with Gasteiger partial charge in [0.05, 0.1) is 24.8 Å². The van der Waals surface area contributed by atoms with Gasteiger partial charge in [-0.25, -0.2) is 0 Å². The van der Waals surface area contributed by atoms with E-state index in [1.54, 1.807) is 13.3 Å². The number of amides is 1. The van der Waals surface area contributed by atoms with Crippen LogP contribution in [-0.2, 0) is 11.3 Å². The Labute approximate surface area is 179 Å². The Morgan fingerprint density at radius 2 is 1.77 bits per heavy atom. The topological polar surface area (TPSA) is 51.2 Å². The maximum Gasteiger partial charge on any atom is 0.227 e. The molecule has 4 heteroatoms. The highest BCUT2D eigenvalue weighted by molar-refractivity contribution is 5.85. The van der Waals surface area contributed by atoms with E-state index < -0.39 is 0 Å². The lowest BCUT2D eigenvalue weighted by Gasteiger charge is -2.68. The lowest BCUT2D eigenvalue weighted by atomic mass is 9.36. The summed E-state index contributed by atoms with van der Waals surface area (Å²) in [5.41, 5.74) is 2.39. The first-order chi connectivity index (χ1) is 14.3. The number of carbonyl (C=O) groups is 1. The van der Waals surface area contributed by atoms with E-state index in [0.29, 0.717) is 12.5 Å². The number of pyridine rings is 1. The Morgan fingerprint density at radius 1 is 1.07 bits per heavy atom. The highest BCUT2D eigenvalue weighted by Crippen LogP contribution is 2.73. The van der Waals surface area contributed by atoms with Crippen molar-refractivity contribution in [1.82, 2.24) is 10.3 Å². The van der Waals surface area contributed by atoms with E-state index in [-0.39, 0.29) is 28.1 Å². The molecule has 2 aromatic rings. The molecule has 1 aromatic carbocycles. The van der Waals surface area contributed by atoms with Gasteiger partial charge < -0.3 is 10.1 Å². The molecule has 4 bridgehead atoms. The van der Waals surface area contributed by atoms with Gasteiger partial charge in [0.25, 0.3) is 0 Å². The molecule has 3 unspecified atom stereocenters. The molecular weight excluding hydrogens is 372 g/mol. The highest BCUT2D eigenvalue weighted by atomic mass is 16.5. The Kier molecular flexibility index (Phi) is 4.46. The summed E-state index contributed by atoms with van der Waals surface area (Å²) in [5, 5.41) is 3.29. The zero-order valence-corrected chi connectivity index (χ0v) is 18.3. The van der Waals surface area contributed by atoms with Gasteiger partial charge in [-0.1, -0.05) is 32.0 Å². The molecule has 5 atom stereocenters. The van der Waals surface area contributed by atoms with Crippen LogP contribution >= 0.6 is 0 Å². The molecule has 4 aliphatic rings. The fourth-order valence-electron chi connectivity index (χ4n) is 7.83. The lowest BCUT2D eigenvalue weighted by molar-refractivity contribution is -0.179. The van der Waals surface area contributed by atoms with Gasteiger partial charge in [-0.15, -0.1) is 0 Å². The van der Waals surface area contributed by atoms with Gasteiger partial charge in [-0.3, -0.25) is 9.78 Å². The van der Waals surface area contributed by atoms with Crippen LogP contribution < -0.4 is 10.1 Å². The maximum absolute atomic E-state index is 13.9. The predicted molar refractivity (Wildman–Crippen MR) is 117 cm³/mol. The second kappa shape index (κ2) is 6.83. The predicted octanol–water partition coefficient (Wildman–Crippen LogP) is 5.10. The molecule has 4 nitrogen and oxygen atoms in total. The van der Waals surface area contributed by atoms with E-state index in [1.807, 2.05) is 30.3 Å². The Morgan fingerprint density at radius 3 is 2.37 bits per heavy atom. The zero-order valence-electron chi connectivity index (χ0n) is 18.3. The van der Waals surface area contributed by atoms with Crippen LogP contribution in [0.4, 0.5) is 0 Å². The molecule has 1 N–H and O–H groups in total. The summed E-state index contributed by atoms with van der Waals surface area (Å²) in [7, 11) is 1.70. The first kappa shape index (κ1) is 19.6. The minimum Gasteiger partial charge on any atom is -0.497 e. The van der Waals surface area contributed by atoms with Crippen LogP contribution in [0.1, 0.15) is 63.1 Å². The second-order valence-electron chi connectivity index (χ2n) is 10.7. The van der Waals surface area contributed by atoms with Gasteiger partial charge in [0.2, 0.25) is 5.91 Å². The number of hydrogen-bond donors (Lipinski definition) is 1. The van der Waals surface area contributed by atoms with Crippen LogP contribution in [-0.4, -0.2) is 18.0 Å². The van der Waals surface area contributed by atoms with E-state index >= 15 is 0 Å². The SMILES string of the molecule is COc1ccc(C2C3C[C@@]4(C)CC2(C(=O)NCc2ccccn2)C[C@@](C)(C3)C4)cc1. The number of methoxy groups -OCH3 is 1. The number of aromatic nitrogens is 1. The minimum absolute atomic E-state index is 0.218. The van der Waals surface area contributed by atoms with Crippen LogP contribution in [0.3, 0.4) is 0 Å². The Bertz CT molecular complexity index is 921. The molecule has 4 aliphatic carbocycles. The third kappa shape index (κ3) is 3.12. The van der Waals surface area contributed by atoms with Gasteiger partial charge in [0, 0.05) is 12.1 Å². The van der Waals surface area contributed by atoms with E-state index in [1.165, 1.54) is 24.8 Å². The molecule has 0 saturated heterocycles. The Balaban J connectivity index is 1.51. The summed E-state index contributed by atoms with van der Waals surface area (Å²) in [4.78, 5) is 18.3. The van der Waals surface area contributed by atoms with Crippen molar-refractivity contribution in [3.8, 4) is 5.75 Å². The fourth-order valence-corrected chi connectivity index (χ4v) is 7.83. The van der Waals surface area contributed by atoms with Crippen molar-refractivity contribution in [3.05, 3.63) is 59.9 Å². The lowest BCUT2D eigenvalue weighted by Crippen LogP contribution is -2.63. The highest BCUT2D eigenvalue weighted by Gasteiger charge is 2.67. The molecule has 4 saturated carbocycles. The molecule has 1 amide bonds. The molecule has 0 aliphatic heterocycles. The average Bonchev–Trinajstić information content (AvgIpc) is 2.71. The van der Waals surface area contributed by atoms with Crippen LogP contribution in [0.15, 0.2) is 48.7 Å². The monoisotopic (exact) mass is 404 g/mol. The first-order valence-corrected chi connectivity index (χ1v) is 11.2. The quantitative estimate of drug-likeness (QED) is 0.755. The zero-order chi connectivity index (χ0) is 21.0. The third-order valence-corrected chi connectivity index (χ3v) is 8.00. The van der Waals surface area contributed by atoms with E-state index in [9.17, 15) is 4.79 Å². The molecular formula is C26H32N2O2. The summed E-state index contributed by atoms with van der Waals surface area (Å²) in [6.07, 6.45) is 7.46. The van der Waals surface area contributed by atoms with Crippen molar-refractivity contribution < 1.29 is 9.53 Å². The number of carbonyl (C=O) groups excluding carboxylic acids is 1. The summed E-state index contributed by atoms with van der Waals surface area (Å²) >= 11 is 0. The molecule has 1 heterocycles. The maximum atomic E-state index is 13.9. The molecule has 30 heavy (non-hydrogen) atoms. The molecule has 4 fully saturated rings. The van der Waals surface area contributed by atoms with Crippen molar-refractivity contribution in [2.75, 3.05) is 7.11 Å². The molecule has 158 valence electrons. The Hall–Kier alpha value is -2.36. The average molecular weight is 405 g/mol. The number of hydrogen-bond acceptors (Lipinski definition) is 3. The standard InChI is InChI=1S/C26H32N2O2/c1-24-12-19-13-25(2,15-24)17-26(16-24,22(19)18-7-9-21(30-3)10-8-18)23(29)28-14-20-6-4-5-11-27-20/h4-11,19,22H,12-17H2,1-3H3,(H,28,29)/t19?,22?,24-,25+,26?. The van der Waals surface area contributed by atoms with Crippen LogP contribution in [0, 0.1) is 22.2 Å². The van der Waals surface area contributed by atoms with Crippen LogP contribution in [0.2, 0.25) is 0 Å². The number of nitrogens with one attached hydrogen (secondary N) is 1. The fraction of sp³-hybridized carbons (Fsp3) is 0.538. The van der Waals surface area contributed by atoms with Gasteiger partial charge in [0.15, 0.2) is 0 Å².